The molecule has 194 valence electrons. The van der Waals surface area contributed by atoms with Crippen molar-refractivity contribution in [3.05, 3.63) is 71.2 Å². The van der Waals surface area contributed by atoms with Crippen molar-refractivity contribution in [3.8, 4) is 5.69 Å². The Morgan fingerprint density at radius 3 is 2.57 bits per heavy atom. The van der Waals surface area contributed by atoms with Crippen molar-refractivity contribution in [3.63, 3.8) is 0 Å². The van der Waals surface area contributed by atoms with Gasteiger partial charge in [0.05, 0.1) is 18.4 Å². The predicted molar refractivity (Wildman–Crippen MR) is 138 cm³/mol. The lowest BCUT2D eigenvalue weighted by molar-refractivity contribution is -0.119. The minimum absolute atomic E-state index is 0.0307. The van der Waals surface area contributed by atoms with Crippen molar-refractivity contribution < 1.29 is 23.5 Å². The van der Waals surface area contributed by atoms with E-state index in [1.165, 1.54) is 18.1 Å². The van der Waals surface area contributed by atoms with Gasteiger partial charge in [-0.25, -0.2) is 18.7 Å². The third kappa shape index (κ3) is 5.63. The number of hydrogen-bond acceptors (Lipinski definition) is 5. The first kappa shape index (κ1) is 25.9. The Bertz CT molecular complexity index is 1340. The van der Waals surface area contributed by atoms with Crippen LogP contribution in [0.3, 0.4) is 0 Å². The second kappa shape index (κ2) is 10.8. The number of urea groups is 1. The summed E-state index contributed by atoms with van der Waals surface area (Å²) in [6, 6.07) is 10.3. The van der Waals surface area contributed by atoms with Gasteiger partial charge in [0.15, 0.2) is 5.82 Å². The number of ether oxygens (including phenoxy) is 1. The highest BCUT2D eigenvalue weighted by Crippen LogP contribution is 2.24. The van der Waals surface area contributed by atoms with Crippen molar-refractivity contribution in [2.75, 3.05) is 24.3 Å². The summed E-state index contributed by atoms with van der Waals surface area (Å²) in [5, 5.41) is 9.89. The Hall–Kier alpha value is -4.21. The number of methoxy groups -OCH3 is 1. The molecule has 0 saturated carbocycles. The number of anilines is 2. The molecule has 0 unspecified atom stereocenters. The predicted octanol–water partition coefficient (Wildman–Crippen LogP) is 4.86. The second-order valence-corrected chi connectivity index (χ2v) is 9.30. The molecule has 2 N–H and O–H groups in total. The van der Waals surface area contributed by atoms with Crippen LogP contribution in [0.2, 0.25) is 0 Å². The fourth-order valence-corrected chi connectivity index (χ4v) is 4.42. The van der Waals surface area contributed by atoms with E-state index >= 15 is 0 Å². The quantitative estimate of drug-likeness (QED) is 0.464. The van der Waals surface area contributed by atoms with Crippen molar-refractivity contribution in [1.29, 1.82) is 0 Å². The van der Waals surface area contributed by atoms with Crippen LogP contribution in [0.25, 0.3) is 5.69 Å². The zero-order valence-electron chi connectivity index (χ0n) is 21.2. The number of esters is 1. The van der Waals surface area contributed by atoms with Crippen LogP contribution in [0, 0.1) is 12.7 Å². The lowest BCUT2D eigenvalue weighted by Gasteiger charge is -2.24. The van der Waals surface area contributed by atoms with E-state index < -0.39 is 18.0 Å². The minimum Gasteiger partial charge on any atom is -0.465 e. The van der Waals surface area contributed by atoms with Gasteiger partial charge in [-0.1, -0.05) is 19.9 Å². The van der Waals surface area contributed by atoms with Gasteiger partial charge in [-0.3, -0.25) is 4.79 Å². The SMILES string of the molecule is COC(=O)c1ccc(-n2ccc(NC(=O)[C@H]3CCCN3C(=O)Nc3ccc(C(C)C)c(F)c3)n2)cc1C. The van der Waals surface area contributed by atoms with Gasteiger partial charge >= 0.3 is 12.0 Å². The van der Waals surface area contributed by atoms with Crippen LogP contribution < -0.4 is 10.6 Å². The van der Waals surface area contributed by atoms with Crippen LogP contribution >= 0.6 is 0 Å². The third-order valence-electron chi connectivity index (χ3n) is 6.41. The molecule has 3 aromatic rings. The molecule has 1 aromatic heterocycles. The van der Waals surface area contributed by atoms with Gasteiger partial charge in [0.25, 0.3) is 0 Å². The number of likely N-dealkylation sites (tertiary alicyclic amines) is 1. The number of aromatic nitrogens is 2. The van der Waals surface area contributed by atoms with Crippen LogP contribution in [0.15, 0.2) is 48.7 Å². The maximum Gasteiger partial charge on any atom is 0.338 e. The van der Waals surface area contributed by atoms with E-state index in [0.29, 0.717) is 47.7 Å². The molecule has 1 saturated heterocycles. The summed E-state index contributed by atoms with van der Waals surface area (Å²) >= 11 is 0. The number of hydrogen-bond donors (Lipinski definition) is 2. The summed E-state index contributed by atoms with van der Waals surface area (Å²) in [5.74, 6) is -0.785. The monoisotopic (exact) mass is 507 g/mol. The van der Waals surface area contributed by atoms with E-state index in [1.54, 1.807) is 54.2 Å². The van der Waals surface area contributed by atoms with Crippen LogP contribution in [0.1, 0.15) is 54.1 Å². The summed E-state index contributed by atoms with van der Waals surface area (Å²) in [6.45, 7) is 6.01. The van der Waals surface area contributed by atoms with Crippen LogP contribution in [0.4, 0.5) is 20.7 Å². The molecule has 1 aliphatic heterocycles. The average molecular weight is 508 g/mol. The highest BCUT2D eigenvalue weighted by molar-refractivity contribution is 5.99. The number of aryl methyl sites for hydroxylation is 1. The average Bonchev–Trinajstić information content (AvgIpc) is 3.53. The Morgan fingerprint density at radius 2 is 1.89 bits per heavy atom. The topological polar surface area (TPSA) is 106 Å². The largest absolute Gasteiger partial charge is 0.465 e. The maximum absolute atomic E-state index is 14.3. The highest BCUT2D eigenvalue weighted by Gasteiger charge is 2.34. The molecule has 2 heterocycles. The fourth-order valence-electron chi connectivity index (χ4n) is 4.42. The molecule has 0 bridgehead atoms. The van der Waals surface area contributed by atoms with E-state index in [1.807, 2.05) is 13.8 Å². The third-order valence-corrected chi connectivity index (χ3v) is 6.41. The standard InChI is InChI=1S/C27H30FN5O4/c1-16(2)20-9-7-18(15-22(20)28)29-27(36)32-12-5-6-23(32)25(34)30-24-11-13-33(31-24)19-8-10-21(17(3)14-19)26(35)37-4/h7-11,13-16,23H,5-6,12H2,1-4H3,(H,29,36)(H,30,31,34)/t23-/m1/s1. The lowest BCUT2D eigenvalue weighted by atomic mass is 10.0. The maximum atomic E-state index is 14.3. The van der Waals surface area contributed by atoms with Gasteiger partial charge < -0.3 is 20.3 Å². The number of rotatable bonds is 6. The first-order chi connectivity index (χ1) is 17.7. The van der Waals surface area contributed by atoms with Crippen molar-refractivity contribution in [1.82, 2.24) is 14.7 Å². The molecule has 0 spiro atoms. The molecule has 0 aliphatic carbocycles. The summed E-state index contributed by atoms with van der Waals surface area (Å²) in [5.41, 5.74) is 2.82. The first-order valence-electron chi connectivity index (χ1n) is 12.1. The molecule has 9 nitrogen and oxygen atoms in total. The fraction of sp³-hybridized carbons (Fsp3) is 0.333. The Kier molecular flexibility index (Phi) is 7.56. The van der Waals surface area contributed by atoms with Gasteiger partial charge in [0.2, 0.25) is 5.91 Å². The van der Waals surface area contributed by atoms with Crippen molar-refractivity contribution in [2.24, 2.45) is 0 Å². The number of amides is 3. The second-order valence-electron chi connectivity index (χ2n) is 9.30. The highest BCUT2D eigenvalue weighted by atomic mass is 19.1. The normalized spacial score (nSPS) is 15.1. The number of nitrogens with zero attached hydrogens (tertiary/aromatic N) is 3. The number of carbonyl (C=O) groups excluding carboxylic acids is 3. The molecule has 3 amide bonds. The lowest BCUT2D eigenvalue weighted by Crippen LogP contribution is -2.45. The molecular formula is C27H30FN5O4. The number of halogens is 1. The number of benzene rings is 2. The first-order valence-corrected chi connectivity index (χ1v) is 12.1. The molecule has 1 fully saturated rings. The van der Waals surface area contributed by atoms with Gasteiger partial charge in [-0.2, -0.15) is 5.10 Å². The Balaban J connectivity index is 1.41. The van der Waals surface area contributed by atoms with Crippen molar-refractivity contribution in [2.45, 2.75) is 45.6 Å². The smallest absolute Gasteiger partial charge is 0.338 e. The number of carbonyl (C=O) groups is 3. The molecule has 0 radical (unpaired) electrons. The van der Waals surface area contributed by atoms with Crippen LogP contribution in [-0.4, -0.2) is 52.3 Å². The molecule has 1 atom stereocenters. The molecule has 2 aromatic carbocycles. The summed E-state index contributed by atoms with van der Waals surface area (Å²) in [6.07, 6.45) is 2.87. The van der Waals surface area contributed by atoms with Gasteiger partial charge in [0.1, 0.15) is 11.9 Å². The van der Waals surface area contributed by atoms with Crippen LogP contribution in [0.5, 0.6) is 0 Å². The van der Waals surface area contributed by atoms with Gasteiger partial charge in [0, 0.05) is 24.5 Å². The van der Waals surface area contributed by atoms with Gasteiger partial charge in [-0.05, 0) is 67.1 Å². The van der Waals surface area contributed by atoms with E-state index in [2.05, 4.69) is 15.7 Å². The van der Waals surface area contributed by atoms with Crippen LogP contribution in [-0.2, 0) is 9.53 Å². The summed E-state index contributed by atoms with van der Waals surface area (Å²) < 4.78 is 20.7. The number of nitrogens with one attached hydrogen (secondary N) is 2. The molecular weight excluding hydrogens is 477 g/mol. The zero-order chi connectivity index (χ0) is 26.7. The molecule has 37 heavy (non-hydrogen) atoms. The van der Waals surface area contributed by atoms with E-state index in [4.69, 9.17) is 4.74 Å². The molecule has 1 aliphatic rings. The van der Waals surface area contributed by atoms with Gasteiger partial charge in [-0.15, -0.1) is 0 Å². The van der Waals surface area contributed by atoms with Crippen molar-refractivity contribution >= 4 is 29.4 Å². The van der Waals surface area contributed by atoms with E-state index in [9.17, 15) is 18.8 Å². The van der Waals surface area contributed by atoms with E-state index in [-0.39, 0.29) is 17.6 Å². The molecule has 10 heteroatoms. The molecule has 4 rings (SSSR count). The Labute approximate surface area is 214 Å². The Morgan fingerprint density at radius 1 is 1.11 bits per heavy atom. The summed E-state index contributed by atoms with van der Waals surface area (Å²) in [4.78, 5) is 39.2. The zero-order valence-corrected chi connectivity index (χ0v) is 21.2. The van der Waals surface area contributed by atoms with E-state index in [0.717, 1.165) is 5.56 Å². The minimum atomic E-state index is -0.675. The summed E-state index contributed by atoms with van der Waals surface area (Å²) in [7, 11) is 1.33.